The summed E-state index contributed by atoms with van der Waals surface area (Å²) in [5, 5.41) is 4.50. The zero-order valence-corrected chi connectivity index (χ0v) is 13.5. The molecule has 2 atom stereocenters. The Bertz CT molecular complexity index is 461. The molecule has 4 heteroatoms. The summed E-state index contributed by atoms with van der Waals surface area (Å²) in [6, 6.07) is 7.38. The maximum atomic E-state index is 6.17. The summed E-state index contributed by atoms with van der Waals surface area (Å²) in [5.74, 6) is 0.681. The van der Waals surface area contributed by atoms with Crippen LogP contribution in [0.2, 0.25) is 5.02 Å². The SMILES string of the molecule is CN1CCC(CNC2CC2)C1c1cc(Cl)ccc1Br. The van der Waals surface area contributed by atoms with E-state index in [1.54, 1.807) is 0 Å². The Morgan fingerprint density at radius 3 is 2.89 bits per heavy atom. The third-order valence-corrected chi connectivity index (χ3v) is 5.25. The molecule has 0 bridgehead atoms. The van der Waals surface area contributed by atoms with Gasteiger partial charge < -0.3 is 5.32 Å². The zero-order valence-electron chi connectivity index (χ0n) is 11.2. The Labute approximate surface area is 128 Å². The smallest absolute Gasteiger partial charge is 0.0410 e. The number of rotatable bonds is 4. The van der Waals surface area contributed by atoms with E-state index in [-0.39, 0.29) is 0 Å². The lowest BCUT2D eigenvalue weighted by molar-refractivity contribution is 0.271. The minimum atomic E-state index is 0.472. The van der Waals surface area contributed by atoms with Crippen molar-refractivity contribution in [2.75, 3.05) is 20.1 Å². The molecule has 2 nitrogen and oxygen atoms in total. The van der Waals surface area contributed by atoms with Gasteiger partial charge in [-0.05, 0) is 62.5 Å². The van der Waals surface area contributed by atoms with Crippen LogP contribution in [0.4, 0.5) is 0 Å². The van der Waals surface area contributed by atoms with Crippen LogP contribution >= 0.6 is 27.5 Å². The van der Waals surface area contributed by atoms with Gasteiger partial charge >= 0.3 is 0 Å². The molecular formula is C15H20BrClN2. The van der Waals surface area contributed by atoms with Crippen LogP contribution in [0.25, 0.3) is 0 Å². The molecule has 1 N–H and O–H groups in total. The number of hydrogen-bond donors (Lipinski definition) is 1. The molecule has 1 aromatic rings. The van der Waals surface area contributed by atoms with Gasteiger partial charge in [0.05, 0.1) is 0 Å². The van der Waals surface area contributed by atoms with Gasteiger partial charge in [-0.1, -0.05) is 27.5 Å². The van der Waals surface area contributed by atoms with Crippen LogP contribution in [0.1, 0.15) is 30.9 Å². The monoisotopic (exact) mass is 342 g/mol. The first-order valence-electron chi connectivity index (χ1n) is 7.03. The van der Waals surface area contributed by atoms with Gasteiger partial charge in [0.1, 0.15) is 0 Å². The summed E-state index contributed by atoms with van der Waals surface area (Å²) in [5.41, 5.74) is 1.33. The van der Waals surface area contributed by atoms with E-state index in [4.69, 9.17) is 11.6 Å². The second kappa shape index (κ2) is 5.72. The van der Waals surface area contributed by atoms with Crippen LogP contribution < -0.4 is 5.32 Å². The van der Waals surface area contributed by atoms with Crippen molar-refractivity contribution >= 4 is 27.5 Å². The average Bonchev–Trinajstić information content (AvgIpc) is 3.14. The third kappa shape index (κ3) is 3.15. The highest BCUT2D eigenvalue weighted by atomic mass is 79.9. The molecule has 0 amide bonds. The molecule has 3 rings (SSSR count). The molecule has 0 spiro atoms. The first-order valence-corrected chi connectivity index (χ1v) is 8.21. The maximum Gasteiger partial charge on any atom is 0.0410 e. The standard InChI is InChI=1S/C15H20BrClN2/c1-19-7-6-10(9-18-12-3-4-12)15(19)13-8-11(17)2-5-14(13)16/h2,5,8,10,12,15,18H,3-4,6-7,9H2,1H3. The number of nitrogens with zero attached hydrogens (tertiary/aromatic N) is 1. The van der Waals surface area contributed by atoms with Gasteiger partial charge in [0.25, 0.3) is 0 Å². The number of hydrogen-bond acceptors (Lipinski definition) is 2. The largest absolute Gasteiger partial charge is 0.314 e. The summed E-state index contributed by atoms with van der Waals surface area (Å²) in [6.45, 7) is 2.29. The fourth-order valence-corrected chi connectivity index (χ4v) is 3.74. The van der Waals surface area contributed by atoms with Crippen molar-refractivity contribution < 1.29 is 0 Å². The van der Waals surface area contributed by atoms with E-state index < -0.39 is 0 Å². The average molecular weight is 344 g/mol. The van der Waals surface area contributed by atoms with Crippen molar-refractivity contribution in [2.24, 2.45) is 5.92 Å². The van der Waals surface area contributed by atoms with Gasteiger partial charge in [0, 0.05) is 28.1 Å². The van der Waals surface area contributed by atoms with Crippen LogP contribution in [0.5, 0.6) is 0 Å². The molecule has 2 unspecified atom stereocenters. The molecule has 0 aromatic heterocycles. The molecule has 1 heterocycles. The van der Waals surface area contributed by atoms with Crippen molar-refractivity contribution in [1.82, 2.24) is 10.2 Å². The lowest BCUT2D eigenvalue weighted by Gasteiger charge is -2.27. The summed E-state index contributed by atoms with van der Waals surface area (Å²) >= 11 is 9.86. The lowest BCUT2D eigenvalue weighted by atomic mass is 9.93. The van der Waals surface area contributed by atoms with Gasteiger partial charge in [-0.15, -0.1) is 0 Å². The first-order chi connectivity index (χ1) is 9.15. The summed E-state index contributed by atoms with van der Waals surface area (Å²) in [6.07, 6.45) is 3.97. The van der Waals surface area contributed by atoms with Gasteiger partial charge in [-0.2, -0.15) is 0 Å². The molecule has 1 saturated carbocycles. The van der Waals surface area contributed by atoms with Gasteiger partial charge in [0.15, 0.2) is 0 Å². The molecular weight excluding hydrogens is 324 g/mol. The van der Waals surface area contributed by atoms with Gasteiger partial charge in [-0.25, -0.2) is 0 Å². The normalized spacial score (nSPS) is 27.9. The van der Waals surface area contributed by atoms with Crippen LogP contribution in [0.3, 0.4) is 0 Å². The first kappa shape index (κ1) is 13.9. The predicted molar refractivity (Wildman–Crippen MR) is 83.7 cm³/mol. The Hall–Kier alpha value is -0.0900. The second-order valence-corrected chi connectivity index (χ2v) is 7.11. The summed E-state index contributed by atoms with van der Waals surface area (Å²) < 4.78 is 1.17. The van der Waals surface area contributed by atoms with E-state index in [0.29, 0.717) is 12.0 Å². The Morgan fingerprint density at radius 2 is 2.16 bits per heavy atom. The van der Waals surface area contributed by atoms with Crippen LogP contribution in [0.15, 0.2) is 22.7 Å². The number of likely N-dealkylation sites (tertiary alicyclic amines) is 1. The van der Waals surface area contributed by atoms with E-state index in [1.165, 1.54) is 35.8 Å². The van der Waals surface area contributed by atoms with Crippen molar-refractivity contribution in [3.05, 3.63) is 33.3 Å². The topological polar surface area (TPSA) is 15.3 Å². The zero-order chi connectivity index (χ0) is 13.4. The number of nitrogens with one attached hydrogen (secondary N) is 1. The predicted octanol–water partition coefficient (Wildman–Crippen LogP) is 3.85. The maximum absolute atomic E-state index is 6.17. The second-order valence-electron chi connectivity index (χ2n) is 5.82. The quantitative estimate of drug-likeness (QED) is 0.893. The van der Waals surface area contributed by atoms with Crippen molar-refractivity contribution in [2.45, 2.75) is 31.3 Å². The van der Waals surface area contributed by atoms with E-state index in [1.807, 2.05) is 6.07 Å². The highest BCUT2D eigenvalue weighted by molar-refractivity contribution is 9.10. The number of halogens is 2. The van der Waals surface area contributed by atoms with E-state index in [9.17, 15) is 0 Å². The molecule has 1 saturated heterocycles. The molecule has 1 aromatic carbocycles. The molecule has 0 radical (unpaired) electrons. The molecule has 2 fully saturated rings. The summed E-state index contributed by atoms with van der Waals surface area (Å²) in [7, 11) is 2.22. The molecule has 19 heavy (non-hydrogen) atoms. The highest BCUT2D eigenvalue weighted by Crippen LogP contribution is 2.40. The fraction of sp³-hybridized carbons (Fsp3) is 0.600. The minimum absolute atomic E-state index is 0.472. The summed E-state index contributed by atoms with van der Waals surface area (Å²) in [4.78, 5) is 2.45. The van der Waals surface area contributed by atoms with E-state index in [2.05, 4.69) is 45.3 Å². The minimum Gasteiger partial charge on any atom is -0.314 e. The van der Waals surface area contributed by atoms with Crippen molar-refractivity contribution in [3.8, 4) is 0 Å². The van der Waals surface area contributed by atoms with E-state index in [0.717, 1.165) is 17.6 Å². The van der Waals surface area contributed by atoms with Crippen LogP contribution in [0, 0.1) is 5.92 Å². The Balaban J connectivity index is 1.79. The third-order valence-electron chi connectivity index (χ3n) is 4.30. The molecule has 1 aliphatic heterocycles. The van der Waals surface area contributed by atoms with Gasteiger partial charge in [-0.3, -0.25) is 4.90 Å². The lowest BCUT2D eigenvalue weighted by Crippen LogP contribution is -2.29. The van der Waals surface area contributed by atoms with E-state index >= 15 is 0 Å². The van der Waals surface area contributed by atoms with Gasteiger partial charge in [0.2, 0.25) is 0 Å². The molecule has 104 valence electrons. The Morgan fingerprint density at radius 1 is 1.37 bits per heavy atom. The Kier molecular flexibility index (Phi) is 4.18. The fourth-order valence-electron chi connectivity index (χ4n) is 3.08. The highest BCUT2D eigenvalue weighted by Gasteiger charge is 2.35. The van der Waals surface area contributed by atoms with Crippen LogP contribution in [-0.2, 0) is 0 Å². The number of benzene rings is 1. The molecule has 2 aliphatic rings. The van der Waals surface area contributed by atoms with Crippen molar-refractivity contribution in [1.29, 1.82) is 0 Å². The molecule has 1 aliphatic carbocycles. The van der Waals surface area contributed by atoms with Crippen LogP contribution in [-0.4, -0.2) is 31.1 Å². The van der Waals surface area contributed by atoms with Crippen molar-refractivity contribution in [3.63, 3.8) is 0 Å².